The molecule has 1 aromatic heterocycles. The highest BCUT2D eigenvalue weighted by atomic mass is 35.5. The number of methoxy groups -OCH3 is 1. The Hall–Kier alpha value is -2.21. The number of pyridine rings is 1. The molecule has 4 nitrogen and oxygen atoms in total. The summed E-state index contributed by atoms with van der Waals surface area (Å²) in [4.78, 5) is 6.83. The Balaban J connectivity index is 1.42. The van der Waals surface area contributed by atoms with Gasteiger partial charge in [-0.3, -0.25) is 9.88 Å². The van der Waals surface area contributed by atoms with Crippen molar-refractivity contribution in [3.63, 3.8) is 0 Å². The van der Waals surface area contributed by atoms with E-state index in [4.69, 9.17) is 16.3 Å². The number of benzene rings is 2. The van der Waals surface area contributed by atoms with Crippen molar-refractivity contribution in [1.29, 1.82) is 0 Å². The van der Waals surface area contributed by atoms with Gasteiger partial charge in [-0.2, -0.15) is 0 Å². The minimum atomic E-state index is -0.133. The second kappa shape index (κ2) is 11.0. The number of piperidine rings is 1. The number of rotatable bonds is 9. The fraction of sp³-hybridized carbons (Fsp3) is 0.464. The molecule has 1 N–H and O–H groups in total. The third-order valence-electron chi connectivity index (χ3n) is 7.55. The van der Waals surface area contributed by atoms with E-state index in [0.717, 1.165) is 79.4 Å². The summed E-state index contributed by atoms with van der Waals surface area (Å²) in [5, 5.41) is 12.0. The molecule has 0 aliphatic carbocycles. The summed E-state index contributed by atoms with van der Waals surface area (Å²) in [6, 6.07) is 13.0. The number of aliphatic hydroxyl groups excluding tert-OH is 1. The first-order chi connectivity index (χ1) is 16.5. The van der Waals surface area contributed by atoms with Crippen LogP contribution in [0.25, 0.3) is 10.9 Å². The van der Waals surface area contributed by atoms with Crippen molar-refractivity contribution >= 4 is 22.5 Å². The summed E-state index contributed by atoms with van der Waals surface area (Å²) in [5.74, 6) is 0.656. The fourth-order valence-electron chi connectivity index (χ4n) is 5.44. The zero-order valence-corrected chi connectivity index (χ0v) is 20.8. The molecule has 182 valence electrons. The van der Waals surface area contributed by atoms with Crippen LogP contribution in [0.2, 0.25) is 5.02 Å². The molecular formula is C28H34ClFN2O2. The van der Waals surface area contributed by atoms with Gasteiger partial charge in [-0.25, -0.2) is 4.39 Å². The van der Waals surface area contributed by atoms with E-state index in [1.807, 2.05) is 30.3 Å². The van der Waals surface area contributed by atoms with Crippen molar-refractivity contribution in [3.05, 3.63) is 70.6 Å². The van der Waals surface area contributed by atoms with Crippen molar-refractivity contribution in [2.24, 2.45) is 5.41 Å². The molecule has 1 fully saturated rings. The van der Waals surface area contributed by atoms with Gasteiger partial charge >= 0.3 is 0 Å². The van der Waals surface area contributed by atoms with E-state index in [1.165, 1.54) is 0 Å². The van der Waals surface area contributed by atoms with Crippen LogP contribution in [-0.4, -0.2) is 41.8 Å². The molecule has 2 heterocycles. The summed E-state index contributed by atoms with van der Waals surface area (Å²) in [6.07, 6.45) is 7.09. The van der Waals surface area contributed by atoms with Gasteiger partial charge in [0.05, 0.1) is 17.6 Å². The molecule has 0 saturated carbocycles. The second-order valence-corrected chi connectivity index (χ2v) is 9.87. The molecule has 0 radical (unpaired) electrons. The van der Waals surface area contributed by atoms with Gasteiger partial charge in [0.25, 0.3) is 0 Å². The smallest absolute Gasteiger partial charge is 0.127 e. The average molecular weight is 485 g/mol. The van der Waals surface area contributed by atoms with Crippen LogP contribution >= 0.6 is 11.6 Å². The van der Waals surface area contributed by atoms with Crippen molar-refractivity contribution in [1.82, 2.24) is 9.88 Å². The van der Waals surface area contributed by atoms with Gasteiger partial charge in [-0.05, 0) is 86.9 Å². The molecule has 0 bridgehead atoms. The lowest BCUT2D eigenvalue weighted by atomic mass is 9.74. The highest BCUT2D eigenvalue weighted by molar-refractivity contribution is 6.32. The Kier molecular flexibility index (Phi) is 8.07. The molecule has 1 aliphatic rings. The molecule has 0 spiro atoms. The maximum atomic E-state index is 14.4. The molecule has 1 atom stereocenters. The van der Waals surface area contributed by atoms with E-state index in [0.29, 0.717) is 5.02 Å². The van der Waals surface area contributed by atoms with Crippen molar-refractivity contribution in [3.8, 4) is 5.75 Å². The van der Waals surface area contributed by atoms with Gasteiger partial charge in [0.15, 0.2) is 0 Å². The summed E-state index contributed by atoms with van der Waals surface area (Å²) in [6.45, 7) is 4.02. The number of aliphatic hydroxyl groups is 1. The van der Waals surface area contributed by atoms with Crippen LogP contribution in [0.4, 0.5) is 4.39 Å². The van der Waals surface area contributed by atoms with Crippen LogP contribution in [-0.2, 0) is 6.42 Å². The van der Waals surface area contributed by atoms with E-state index >= 15 is 0 Å². The zero-order valence-electron chi connectivity index (χ0n) is 20.1. The zero-order chi connectivity index (χ0) is 24.1. The van der Waals surface area contributed by atoms with Gasteiger partial charge in [0.1, 0.15) is 11.6 Å². The molecule has 1 unspecified atom stereocenters. The monoisotopic (exact) mass is 484 g/mol. The van der Waals surface area contributed by atoms with Gasteiger partial charge in [0, 0.05) is 29.8 Å². The second-order valence-electron chi connectivity index (χ2n) is 9.46. The van der Waals surface area contributed by atoms with Crippen molar-refractivity contribution in [2.75, 3.05) is 26.8 Å². The largest absolute Gasteiger partial charge is 0.497 e. The Labute approximate surface area is 206 Å². The number of aryl methyl sites for hydroxylation is 1. The third-order valence-corrected chi connectivity index (χ3v) is 7.88. The number of likely N-dealkylation sites (tertiary alicyclic amines) is 1. The molecule has 0 amide bonds. The Bertz CT molecular complexity index is 1110. The van der Waals surface area contributed by atoms with Crippen LogP contribution in [0.3, 0.4) is 0 Å². The molecule has 4 rings (SSSR count). The van der Waals surface area contributed by atoms with E-state index in [9.17, 15) is 9.50 Å². The normalized spacial score (nSPS) is 17.1. The lowest BCUT2D eigenvalue weighted by Crippen LogP contribution is -2.43. The summed E-state index contributed by atoms with van der Waals surface area (Å²) in [5.41, 5.74) is 2.67. The molecule has 34 heavy (non-hydrogen) atoms. The number of halogens is 2. The highest BCUT2D eigenvalue weighted by Crippen LogP contribution is 2.40. The lowest BCUT2D eigenvalue weighted by molar-refractivity contribution is 0.0182. The summed E-state index contributed by atoms with van der Waals surface area (Å²) >= 11 is 6.54. The van der Waals surface area contributed by atoms with E-state index in [2.05, 4.69) is 16.8 Å². The molecule has 2 aromatic carbocycles. The first kappa shape index (κ1) is 24.9. The average Bonchev–Trinajstić information content (AvgIpc) is 2.87. The van der Waals surface area contributed by atoms with Crippen molar-refractivity contribution in [2.45, 2.75) is 51.5 Å². The maximum absolute atomic E-state index is 14.4. The lowest BCUT2D eigenvalue weighted by Gasteiger charge is -2.44. The predicted molar refractivity (Wildman–Crippen MR) is 136 cm³/mol. The van der Waals surface area contributed by atoms with E-state index < -0.39 is 0 Å². The number of nitrogens with zero attached hydrogens (tertiary/aromatic N) is 2. The summed E-state index contributed by atoms with van der Waals surface area (Å²) in [7, 11) is 1.66. The Morgan fingerprint density at radius 1 is 1.21 bits per heavy atom. The Morgan fingerprint density at radius 3 is 2.65 bits per heavy atom. The molecule has 1 aliphatic heterocycles. The predicted octanol–water partition coefficient (Wildman–Crippen LogP) is 6.58. The fourth-order valence-corrected chi connectivity index (χ4v) is 5.69. The first-order valence-electron chi connectivity index (χ1n) is 12.2. The number of hydrogen-bond acceptors (Lipinski definition) is 4. The van der Waals surface area contributed by atoms with Crippen molar-refractivity contribution < 1.29 is 14.2 Å². The van der Waals surface area contributed by atoms with E-state index in [1.54, 1.807) is 25.4 Å². The van der Waals surface area contributed by atoms with Gasteiger partial charge < -0.3 is 9.84 Å². The van der Waals surface area contributed by atoms with Crippen LogP contribution in [0.1, 0.15) is 56.2 Å². The van der Waals surface area contributed by atoms with Gasteiger partial charge in [0.2, 0.25) is 0 Å². The van der Waals surface area contributed by atoms with Crippen LogP contribution in [0.5, 0.6) is 5.75 Å². The molecule has 3 aromatic rings. The minimum Gasteiger partial charge on any atom is -0.497 e. The third kappa shape index (κ3) is 5.22. The molecular weight excluding hydrogens is 451 g/mol. The first-order valence-corrected chi connectivity index (χ1v) is 12.6. The molecule has 6 heteroatoms. The van der Waals surface area contributed by atoms with E-state index in [-0.39, 0.29) is 23.9 Å². The minimum absolute atomic E-state index is 0.0786. The SMILES string of the molecule is CCC(c1ccccc1F)N1CCC(CO)(CCCc2c(Cl)cnc3ccc(OC)cc23)CC1. The number of aromatic nitrogens is 1. The van der Waals surface area contributed by atoms with Crippen LogP contribution < -0.4 is 4.74 Å². The van der Waals surface area contributed by atoms with Crippen LogP contribution in [0.15, 0.2) is 48.7 Å². The summed E-state index contributed by atoms with van der Waals surface area (Å²) < 4.78 is 19.8. The van der Waals surface area contributed by atoms with Gasteiger partial charge in [-0.15, -0.1) is 0 Å². The highest BCUT2D eigenvalue weighted by Gasteiger charge is 2.36. The number of ether oxygens (including phenoxy) is 1. The van der Waals surface area contributed by atoms with Gasteiger partial charge in [-0.1, -0.05) is 36.7 Å². The standard InChI is InChI=1S/C28H34ClFN2O2/c1-3-27(22-7-4-5-9-25(22)30)32-15-13-28(19-33,14-16-32)12-6-8-21-23-17-20(34-2)10-11-26(23)31-18-24(21)29/h4-5,7,9-11,17-18,27,33H,3,6,8,12-16,19H2,1-2H3. The maximum Gasteiger partial charge on any atom is 0.127 e. The topological polar surface area (TPSA) is 45.6 Å². The number of fused-ring (bicyclic) bond motifs is 1. The van der Waals surface area contributed by atoms with Crippen LogP contribution in [0, 0.1) is 11.2 Å². The number of hydrogen-bond donors (Lipinski definition) is 1. The Morgan fingerprint density at radius 2 is 1.97 bits per heavy atom. The molecule has 1 saturated heterocycles. The quantitative estimate of drug-likeness (QED) is 0.372.